The lowest BCUT2D eigenvalue weighted by Crippen LogP contribution is -2.33. The van der Waals surface area contributed by atoms with Gasteiger partial charge >= 0.3 is 0 Å². The third-order valence-electron chi connectivity index (χ3n) is 2.83. The Kier molecular flexibility index (Phi) is 6.14. The van der Waals surface area contributed by atoms with Crippen LogP contribution in [0.5, 0.6) is 0 Å². The van der Waals surface area contributed by atoms with Gasteiger partial charge in [0.2, 0.25) is 0 Å². The summed E-state index contributed by atoms with van der Waals surface area (Å²) in [4.78, 5) is 2.15. The van der Waals surface area contributed by atoms with Gasteiger partial charge in [0.25, 0.3) is 0 Å². The highest BCUT2D eigenvalue weighted by molar-refractivity contribution is 6.32. The van der Waals surface area contributed by atoms with E-state index in [0.29, 0.717) is 22.5 Å². The van der Waals surface area contributed by atoms with Crippen LogP contribution in [0.3, 0.4) is 0 Å². The summed E-state index contributed by atoms with van der Waals surface area (Å²) in [6.07, 6.45) is 1.05. The van der Waals surface area contributed by atoms with Crippen LogP contribution in [0.1, 0.15) is 25.8 Å². The minimum absolute atomic E-state index is 0.306. The zero-order chi connectivity index (χ0) is 14.4. The second kappa shape index (κ2) is 7.37. The second-order valence-electron chi connectivity index (χ2n) is 5.51. The highest BCUT2D eigenvalue weighted by atomic mass is 35.5. The molecule has 0 spiro atoms. The van der Waals surface area contributed by atoms with Crippen molar-refractivity contribution in [3.05, 3.63) is 28.8 Å². The fourth-order valence-electron chi connectivity index (χ4n) is 2.17. The molecule has 0 saturated heterocycles. The monoisotopic (exact) mass is 279 g/mol. The summed E-state index contributed by atoms with van der Waals surface area (Å²) in [5, 5.41) is 13.1. The van der Waals surface area contributed by atoms with E-state index in [2.05, 4.69) is 44.2 Å². The standard InChI is InChI=1S/C15H22ClN3/c1-11(2)8-12(10-19(3)4)18-15-7-5-6-14(16)13(15)9-17/h5-7,11-12,18H,8,10H2,1-4H3. The van der Waals surface area contributed by atoms with Gasteiger partial charge in [0.15, 0.2) is 0 Å². The van der Waals surface area contributed by atoms with E-state index in [0.717, 1.165) is 18.7 Å². The zero-order valence-corrected chi connectivity index (χ0v) is 12.8. The number of halogens is 1. The molecule has 0 bridgehead atoms. The first-order valence-electron chi connectivity index (χ1n) is 6.54. The fraction of sp³-hybridized carbons (Fsp3) is 0.533. The number of hydrogen-bond acceptors (Lipinski definition) is 3. The van der Waals surface area contributed by atoms with Crippen LogP contribution >= 0.6 is 11.6 Å². The van der Waals surface area contributed by atoms with Gasteiger partial charge < -0.3 is 10.2 Å². The first-order valence-corrected chi connectivity index (χ1v) is 6.91. The molecule has 0 radical (unpaired) electrons. The molecule has 1 N–H and O–H groups in total. The van der Waals surface area contributed by atoms with Crippen LogP contribution in [0.15, 0.2) is 18.2 Å². The zero-order valence-electron chi connectivity index (χ0n) is 12.1. The molecule has 1 rings (SSSR count). The number of anilines is 1. The molecule has 1 aromatic carbocycles. The number of nitrogens with one attached hydrogen (secondary N) is 1. The molecular weight excluding hydrogens is 258 g/mol. The maximum absolute atomic E-state index is 9.19. The molecule has 4 heteroatoms. The predicted molar refractivity (Wildman–Crippen MR) is 81.6 cm³/mol. The van der Waals surface area contributed by atoms with Crippen LogP contribution in [0.25, 0.3) is 0 Å². The summed E-state index contributed by atoms with van der Waals surface area (Å²) in [7, 11) is 4.11. The van der Waals surface area contributed by atoms with E-state index in [-0.39, 0.29) is 0 Å². The van der Waals surface area contributed by atoms with E-state index in [1.165, 1.54) is 0 Å². The summed E-state index contributed by atoms with van der Waals surface area (Å²) in [5.41, 5.74) is 1.35. The van der Waals surface area contributed by atoms with E-state index in [1.807, 2.05) is 12.1 Å². The molecule has 0 heterocycles. The number of likely N-dealkylation sites (N-methyl/N-ethyl adjacent to an activating group) is 1. The normalized spacial score (nSPS) is 12.5. The lowest BCUT2D eigenvalue weighted by atomic mass is 10.0. The Hall–Kier alpha value is -1.24. The third kappa shape index (κ3) is 5.10. The molecule has 0 aromatic heterocycles. The maximum atomic E-state index is 9.19. The first-order chi connectivity index (χ1) is 8.93. The SMILES string of the molecule is CC(C)CC(CN(C)C)Nc1cccc(Cl)c1C#N. The van der Waals surface area contributed by atoms with E-state index in [1.54, 1.807) is 6.07 Å². The molecule has 0 fully saturated rings. The smallest absolute Gasteiger partial charge is 0.103 e. The van der Waals surface area contributed by atoms with Crippen molar-refractivity contribution in [2.75, 3.05) is 26.0 Å². The van der Waals surface area contributed by atoms with Gasteiger partial charge in [-0.25, -0.2) is 0 Å². The summed E-state index contributed by atoms with van der Waals surface area (Å²) in [5.74, 6) is 0.599. The molecule has 0 amide bonds. The Morgan fingerprint density at radius 1 is 1.37 bits per heavy atom. The fourth-order valence-corrected chi connectivity index (χ4v) is 2.38. The van der Waals surface area contributed by atoms with E-state index in [4.69, 9.17) is 11.6 Å². The Balaban J connectivity index is 2.90. The van der Waals surface area contributed by atoms with Gasteiger partial charge in [0.1, 0.15) is 6.07 Å². The molecule has 0 aliphatic rings. The number of rotatable bonds is 6. The average molecular weight is 280 g/mol. The van der Waals surface area contributed by atoms with Crippen molar-refractivity contribution < 1.29 is 0 Å². The number of nitriles is 1. The van der Waals surface area contributed by atoms with E-state index < -0.39 is 0 Å². The second-order valence-corrected chi connectivity index (χ2v) is 5.91. The number of benzene rings is 1. The van der Waals surface area contributed by atoms with Gasteiger partial charge in [-0.2, -0.15) is 5.26 Å². The van der Waals surface area contributed by atoms with E-state index in [9.17, 15) is 5.26 Å². The van der Waals surface area contributed by atoms with Gasteiger partial charge in [-0.3, -0.25) is 0 Å². The van der Waals surface area contributed by atoms with Crippen molar-refractivity contribution in [1.82, 2.24) is 4.90 Å². The van der Waals surface area contributed by atoms with Crippen molar-refractivity contribution >= 4 is 17.3 Å². The van der Waals surface area contributed by atoms with Gasteiger partial charge in [-0.1, -0.05) is 31.5 Å². The summed E-state index contributed by atoms with van der Waals surface area (Å²) in [6, 6.07) is 8.00. The maximum Gasteiger partial charge on any atom is 0.103 e. The van der Waals surface area contributed by atoms with Crippen LogP contribution in [-0.4, -0.2) is 31.6 Å². The lowest BCUT2D eigenvalue weighted by molar-refractivity contribution is 0.356. The highest BCUT2D eigenvalue weighted by Gasteiger charge is 2.14. The van der Waals surface area contributed by atoms with Crippen molar-refractivity contribution in [2.45, 2.75) is 26.3 Å². The van der Waals surface area contributed by atoms with Crippen molar-refractivity contribution in [3.8, 4) is 6.07 Å². The molecule has 0 aliphatic carbocycles. The van der Waals surface area contributed by atoms with Crippen molar-refractivity contribution in [2.24, 2.45) is 5.92 Å². The minimum atomic E-state index is 0.306. The minimum Gasteiger partial charge on any atom is -0.380 e. The molecule has 0 saturated carbocycles. The van der Waals surface area contributed by atoms with Gasteiger partial charge in [0, 0.05) is 12.6 Å². The van der Waals surface area contributed by atoms with Crippen molar-refractivity contribution in [3.63, 3.8) is 0 Å². The Morgan fingerprint density at radius 3 is 2.58 bits per heavy atom. The van der Waals surface area contributed by atoms with Gasteiger partial charge in [-0.15, -0.1) is 0 Å². The van der Waals surface area contributed by atoms with Crippen LogP contribution < -0.4 is 5.32 Å². The molecule has 104 valence electrons. The molecule has 19 heavy (non-hydrogen) atoms. The van der Waals surface area contributed by atoms with Gasteiger partial charge in [0.05, 0.1) is 16.3 Å². The largest absolute Gasteiger partial charge is 0.380 e. The van der Waals surface area contributed by atoms with Crippen LogP contribution in [0.2, 0.25) is 5.02 Å². The first kappa shape index (κ1) is 15.8. The molecule has 0 aliphatic heterocycles. The van der Waals surface area contributed by atoms with Crippen LogP contribution in [0.4, 0.5) is 5.69 Å². The lowest BCUT2D eigenvalue weighted by Gasteiger charge is -2.25. The number of nitrogens with zero attached hydrogens (tertiary/aromatic N) is 2. The molecular formula is C15H22ClN3. The summed E-state index contributed by atoms with van der Waals surface area (Å²) in [6.45, 7) is 5.33. The Labute approximate surface area is 121 Å². The predicted octanol–water partition coefficient (Wildman–Crippen LogP) is 3.60. The Morgan fingerprint density at radius 2 is 2.05 bits per heavy atom. The van der Waals surface area contributed by atoms with Crippen molar-refractivity contribution in [1.29, 1.82) is 5.26 Å². The Bertz CT molecular complexity index is 439. The summed E-state index contributed by atoms with van der Waals surface area (Å²) < 4.78 is 0. The quantitative estimate of drug-likeness (QED) is 0.865. The average Bonchev–Trinajstić information content (AvgIpc) is 2.27. The van der Waals surface area contributed by atoms with Gasteiger partial charge in [-0.05, 0) is 38.6 Å². The summed E-state index contributed by atoms with van der Waals surface area (Å²) >= 11 is 6.05. The molecule has 1 unspecified atom stereocenters. The molecule has 3 nitrogen and oxygen atoms in total. The molecule has 1 aromatic rings. The highest BCUT2D eigenvalue weighted by Crippen LogP contribution is 2.24. The van der Waals surface area contributed by atoms with Crippen LogP contribution in [-0.2, 0) is 0 Å². The topological polar surface area (TPSA) is 39.1 Å². The van der Waals surface area contributed by atoms with Crippen LogP contribution in [0, 0.1) is 17.2 Å². The molecule has 1 atom stereocenters. The number of hydrogen-bond donors (Lipinski definition) is 1. The third-order valence-corrected chi connectivity index (χ3v) is 3.14. The van der Waals surface area contributed by atoms with E-state index >= 15 is 0 Å².